The fraction of sp³-hybridized carbons (Fsp3) is 0.467. The number of benzene rings is 1. The third-order valence-electron chi connectivity index (χ3n) is 3.04. The number of nitrogens with zero attached hydrogens (tertiary/aromatic N) is 4. The number of carbonyl (C=O) groups is 1. The van der Waals surface area contributed by atoms with Crippen LogP contribution in [0.4, 0.5) is 0 Å². The van der Waals surface area contributed by atoms with Gasteiger partial charge < -0.3 is 5.32 Å². The summed E-state index contributed by atoms with van der Waals surface area (Å²) < 4.78 is 1.74. The van der Waals surface area contributed by atoms with Crippen molar-refractivity contribution >= 4 is 5.91 Å². The molecule has 0 saturated carbocycles. The number of tetrazole rings is 1. The standard InChI is InChI=1S/C15H21N5O/c1-10(2)9-16-15(21)13-7-5-6-12(8-13)14-17-18-19-20(14)11(3)4/h5-8,10-11H,9H2,1-4H3,(H,16,21). The molecule has 2 aromatic rings. The van der Waals surface area contributed by atoms with E-state index in [4.69, 9.17) is 0 Å². The van der Waals surface area contributed by atoms with Gasteiger partial charge in [-0.1, -0.05) is 26.0 Å². The normalized spacial score (nSPS) is 11.1. The van der Waals surface area contributed by atoms with Gasteiger partial charge in [-0.25, -0.2) is 4.68 Å². The second-order valence-corrected chi connectivity index (χ2v) is 5.73. The molecular formula is C15H21N5O. The monoisotopic (exact) mass is 287 g/mol. The van der Waals surface area contributed by atoms with Crippen molar-refractivity contribution in [3.8, 4) is 11.4 Å². The Kier molecular flexibility index (Phi) is 4.67. The van der Waals surface area contributed by atoms with Crippen molar-refractivity contribution in [2.24, 2.45) is 5.92 Å². The lowest BCUT2D eigenvalue weighted by atomic mass is 10.1. The highest BCUT2D eigenvalue weighted by atomic mass is 16.1. The zero-order valence-electron chi connectivity index (χ0n) is 12.9. The predicted molar refractivity (Wildman–Crippen MR) is 80.8 cm³/mol. The zero-order valence-corrected chi connectivity index (χ0v) is 12.9. The molecule has 21 heavy (non-hydrogen) atoms. The highest BCUT2D eigenvalue weighted by Gasteiger charge is 2.13. The van der Waals surface area contributed by atoms with Crippen molar-refractivity contribution in [1.82, 2.24) is 25.5 Å². The second kappa shape index (κ2) is 6.47. The van der Waals surface area contributed by atoms with E-state index in [-0.39, 0.29) is 11.9 Å². The molecule has 1 amide bonds. The summed E-state index contributed by atoms with van der Waals surface area (Å²) in [5.74, 6) is 1.02. The van der Waals surface area contributed by atoms with Crippen LogP contribution in [0, 0.1) is 5.92 Å². The molecule has 0 bridgehead atoms. The van der Waals surface area contributed by atoms with Crippen molar-refractivity contribution < 1.29 is 4.79 Å². The van der Waals surface area contributed by atoms with E-state index in [0.29, 0.717) is 23.9 Å². The molecule has 0 fully saturated rings. The van der Waals surface area contributed by atoms with E-state index in [1.165, 1.54) is 0 Å². The molecule has 0 aliphatic carbocycles. The van der Waals surface area contributed by atoms with Crippen LogP contribution >= 0.6 is 0 Å². The van der Waals surface area contributed by atoms with Gasteiger partial charge in [0.05, 0.1) is 6.04 Å². The number of hydrogen-bond acceptors (Lipinski definition) is 4. The molecule has 0 saturated heterocycles. The third-order valence-corrected chi connectivity index (χ3v) is 3.04. The summed E-state index contributed by atoms with van der Waals surface area (Å²) in [5, 5.41) is 14.7. The maximum Gasteiger partial charge on any atom is 0.251 e. The van der Waals surface area contributed by atoms with E-state index < -0.39 is 0 Å². The molecule has 0 radical (unpaired) electrons. The van der Waals surface area contributed by atoms with Gasteiger partial charge in [0.25, 0.3) is 5.91 Å². The van der Waals surface area contributed by atoms with Gasteiger partial charge in [0.2, 0.25) is 0 Å². The van der Waals surface area contributed by atoms with Crippen LogP contribution in [-0.4, -0.2) is 32.7 Å². The van der Waals surface area contributed by atoms with Crippen LogP contribution < -0.4 is 5.32 Å². The van der Waals surface area contributed by atoms with Crippen molar-refractivity contribution in [3.05, 3.63) is 29.8 Å². The molecule has 1 heterocycles. The van der Waals surface area contributed by atoms with Crippen LogP contribution in [0.15, 0.2) is 24.3 Å². The topological polar surface area (TPSA) is 72.7 Å². The van der Waals surface area contributed by atoms with Crippen molar-refractivity contribution in [2.45, 2.75) is 33.7 Å². The molecule has 0 spiro atoms. The molecule has 0 atom stereocenters. The molecule has 2 rings (SSSR count). The van der Waals surface area contributed by atoms with Crippen LogP contribution in [0.2, 0.25) is 0 Å². The Balaban J connectivity index is 2.25. The molecule has 0 aliphatic heterocycles. The van der Waals surface area contributed by atoms with Gasteiger partial charge in [0.15, 0.2) is 5.82 Å². The average molecular weight is 287 g/mol. The summed E-state index contributed by atoms with van der Waals surface area (Å²) in [4.78, 5) is 12.1. The van der Waals surface area contributed by atoms with Crippen LogP contribution in [0.5, 0.6) is 0 Å². The van der Waals surface area contributed by atoms with Gasteiger partial charge in [-0.2, -0.15) is 0 Å². The fourth-order valence-electron chi connectivity index (χ4n) is 1.93. The first-order chi connectivity index (χ1) is 9.99. The van der Waals surface area contributed by atoms with Gasteiger partial charge in [-0.05, 0) is 42.3 Å². The fourth-order valence-corrected chi connectivity index (χ4v) is 1.93. The minimum Gasteiger partial charge on any atom is -0.352 e. The van der Waals surface area contributed by atoms with E-state index in [2.05, 4.69) is 34.7 Å². The van der Waals surface area contributed by atoms with Gasteiger partial charge >= 0.3 is 0 Å². The molecule has 0 aliphatic rings. The summed E-state index contributed by atoms with van der Waals surface area (Å²) in [6.07, 6.45) is 0. The first-order valence-electron chi connectivity index (χ1n) is 7.15. The number of aromatic nitrogens is 4. The van der Waals surface area contributed by atoms with Gasteiger partial charge in [-0.15, -0.1) is 5.10 Å². The summed E-state index contributed by atoms with van der Waals surface area (Å²) in [6.45, 7) is 8.81. The van der Waals surface area contributed by atoms with Gasteiger partial charge in [0.1, 0.15) is 0 Å². The van der Waals surface area contributed by atoms with Crippen LogP contribution in [0.25, 0.3) is 11.4 Å². The quantitative estimate of drug-likeness (QED) is 0.916. The van der Waals surface area contributed by atoms with E-state index in [9.17, 15) is 4.79 Å². The molecule has 1 aromatic carbocycles. The summed E-state index contributed by atoms with van der Waals surface area (Å²) in [5.41, 5.74) is 1.46. The Morgan fingerprint density at radius 3 is 2.71 bits per heavy atom. The lowest BCUT2D eigenvalue weighted by Crippen LogP contribution is -2.27. The minimum atomic E-state index is -0.0749. The number of carbonyl (C=O) groups excluding carboxylic acids is 1. The molecular weight excluding hydrogens is 266 g/mol. The number of nitrogens with one attached hydrogen (secondary N) is 1. The Hall–Kier alpha value is -2.24. The van der Waals surface area contributed by atoms with Crippen LogP contribution in [-0.2, 0) is 0 Å². The van der Waals surface area contributed by atoms with Crippen LogP contribution in [0.3, 0.4) is 0 Å². The predicted octanol–water partition coefficient (Wildman–Crippen LogP) is 2.31. The smallest absolute Gasteiger partial charge is 0.251 e. The van der Waals surface area contributed by atoms with Crippen molar-refractivity contribution in [1.29, 1.82) is 0 Å². The lowest BCUT2D eigenvalue weighted by molar-refractivity contribution is 0.0949. The van der Waals surface area contributed by atoms with Crippen molar-refractivity contribution in [2.75, 3.05) is 6.54 Å². The average Bonchev–Trinajstić information content (AvgIpc) is 2.94. The first-order valence-corrected chi connectivity index (χ1v) is 7.15. The Bertz CT molecular complexity index is 618. The molecule has 6 heteroatoms. The second-order valence-electron chi connectivity index (χ2n) is 5.73. The maximum atomic E-state index is 12.1. The Morgan fingerprint density at radius 1 is 1.29 bits per heavy atom. The van der Waals surface area contributed by atoms with Gasteiger partial charge in [0, 0.05) is 17.7 Å². The molecule has 1 N–H and O–H groups in total. The molecule has 0 unspecified atom stereocenters. The van der Waals surface area contributed by atoms with E-state index in [0.717, 1.165) is 5.56 Å². The lowest BCUT2D eigenvalue weighted by Gasteiger charge is -2.10. The van der Waals surface area contributed by atoms with Crippen molar-refractivity contribution in [3.63, 3.8) is 0 Å². The summed E-state index contributed by atoms with van der Waals surface area (Å²) >= 11 is 0. The van der Waals surface area contributed by atoms with E-state index >= 15 is 0 Å². The SMILES string of the molecule is CC(C)CNC(=O)c1cccc(-c2nnnn2C(C)C)c1. The van der Waals surface area contributed by atoms with E-state index in [1.807, 2.05) is 32.0 Å². The number of amides is 1. The summed E-state index contributed by atoms with van der Waals surface area (Å²) in [7, 11) is 0. The highest BCUT2D eigenvalue weighted by molar-refractivity contribution is 5.95. The molecule has 1 aromatic heterocycles. The summed E-state index contributed by atoms with van der Waals surface area (Å²) in [6, 6.07) is 7.53. The molecule has 112 valence electrons. The minimum absolute atomic E-state index is 0.0749. The highest BCUT2D eigenvalue weighted by Crippen LogP contribution is 2.20. The maximum absolute atomic E-state index is 12.1. The van der Waals surface area contributed by atoms with E-state index in [1.54, 1.807) is 10.7 Å². The molecule has 6 nitrogen and oxygen atoms in total. The van der Waals surface area contributed by atoms with Gasteiger partial charge in [-0.3, -0.25) is 4.79 Å². The number of rotatable bonds is 5. The zero-order chi connectivity index (χ0) is 15.4. The van der Waals surface area contributed by atoms with Crippen LogP contribution in [0.1, 0.15) is 44.1 Å². The Morgan fingerprint density at radius 2 is 2.05 bits per heavy atom. The number of hydrogen-bond donors (Lipinski definition) is 1. The third kappa shape index (κ3) is 3.65. The largest absolute Gasteiger partial charge is 0.352 e. The Labute approximate surface area is 124 Å². The first kappa shape index (κ1) is 15.2.